The van der Waals surface area contributed by atoms with Crippen LogP contribution in [0.2, 0.25) is 0 Å². The van der Waals surface area contributed by atoms with Gasteiger partial charge in [-0.15, -0.1) is 0 Å². The van der Waals surface area contributed by atoms with Crippen LogP contribution in [0.5, 0.6) is 5.75 Å². The van der Waals surface area contributed by atoms with Gasteiger partial charge in [-0.1, -0.05) is 24.3 Å². The number of hydrogen-bond donors (Lipinski definition) is 2. The topological polar surface area (TPSA) is 84.5 Å². The number of carbonyl (C=O) groups excluding carboxylic acids is 1. The fourth-order valence-corrected chi connectivity index (χ4v) is 4.38. The lowest BCUT2D eigenvalue weighted by Gasteiger charge is -2.14. The highest BCUT2D eigenvalue weighted by atomic mass is 32.2. The highest BCUT2D eigenvalue weighted by molar-refractivity contribution is 7.92. The van der Waals surface area contributed by atoms with Gasteiger partial charge in [0.05, 0.1) is 17.7 Å². The molecule has 156 valence electrons. The van der Waals surface area contributed by atoms with E-state index in [1.807, 2.05) is 26.0 Å². The van der Waals surface area contributed by atoms with E-state index in [4.69, 9.17) is 4.74 Å². The zero-order valence-corrected chi connectivity index (χ0v) is 18.1. The molecule has 0 aromatic heterocycles. The van der Waals surface area contributed by atoms with Gasteiger partial charge >= 0.3 is 0 Å². The number of aryl methyl sites for hydroxylation is 3. The van der Waals surface area contributed by atoms with E-state index in [0.717, 1.165) is 11.1 Å². The first kappa shape index (κ1) is 21.4. The van der Waals surface area contributed by atoms with Gasteiger partial charge in [0.1, 0.15) is 5.75 Å². The summed E-state index contributed by atoms with van der Waals surface area (Å²) in [6.45, 7) is 5.48. The van der Waals surface area contributed by atoms with Crippen LogP contribution in [0.1, 0.15) is 27.0 Å². The SMILES string of the molecule is COc1ccc(C)cc1NC(=O)c1ccc(C)c(S(=O)(=O)Nc2cccc(C)c2)c1. The molecule has 3 aromatic rings. The molecule has 0 saturated heterocycles. The van der Waals surface area contributed by atoms with E-state index in [9.17, 15) is 13.2 Å². The maximum Gasteiger partial charge on any atom is 0.262 e. The lowest BCUT2D eigenvalue weighted by atomic mass is 10.1. The predicted molar refractivity (Wildman–Crippen MR) is 119 cm³/mol. The maximum absolute atomic E-state index is 12.9. The van der Waals surface area contributed by atoms with Crippen molar-refractivity contribution in [3.05, 3.63) is 82.9 Å². The number of rotatable bonds is 6. The van der Waals surface area contributed by atoms with Crippen LogP contribution in [0.3, 0.4) is 0 Å². The van der Waals surface area contributed by atoms with E-state index in [0.29, 0.717) is 22.7 Å². The number of amides is 1. The monoisotopic (exact) mass is 424 g/mol. The number of benzene rings is 3. The van der Waals surface area contributed by atoms with Crippen LogP contribution in [0.4, 0.5) is 11.4 Å². The Hall–Kier alpha value is -3.32. The molecule has 2 N–H and O–H groups in total. The number of methoxy groups -OCH3 is 1. The lowest BCUT2D eigenvalue weighted by Crippen LogP contribution is -2.17. The second-order valence-corrected chi connectivity index (χ2v) is 8.76. The van der Waals surface area contributed by atoms with Crippen molar-refractivity contribution in [3.63, 3.8) is 0 Å². The van der Waals surface area contributed by atoms with E-state index in [-0.39, 0.29) is 10.5 Å². The average molecular weight is 425 g/mol. The molecule has 3 rings (SSSR count). The van der Waals surface area contributed by atoms with Crippen LogP contribution < -0.4 is 14.8 Å². The van der Waals surface area contributed by atoms with Crippen molar-refractivity contribution in [3.8, 4) is 5.75 Å². The molecule has 6 nitrogen and oxygen atoms in total. The Kier molecular flexibility index (Phi) is 6.12. The van der Waals surface area contributed by atoms with Gasteiger partial charge in [-0.2, -0.15) is 0 Å². The summed E-state index contributed by atoms with van der Waals surface area (Å²) in [6.07, 6.45) is 0. The number of carbonyl (C=O) groups is 1. The van der Waals surface area contributed by atoms with Gasteiger partial charge in [0.25, 0.3) is 15.9 Å². The third-order valence-electron chi connectivity index (χ3n) is 4.61. The predicted octanol–water partition coefficient (Wildman–Crippen LogP) is 4.67. The Morgan fingerprint density at radius 2 is 1.63 bits per heavy atom. The molecule has 0 aliphatic rings. The molecule has 0 aliphatic carbocycles. The number of sulfonamides is 1. The van der Waals surface area contributed by atoms with Gasteiger partial charge in [-0.05, 0) is 73.9 Å². The molecule has 0 unspecified atom stereocenters. The number of hydrogen-bond acceptors (Lipinski definition) is 4. The Morgan fingerprint density at radius 3 is 2.33 bits per heavy atom. The Bertz CT molecular complexity index is 1200. The van der Waals surface area contributed by atoms with Gasteiger partial charge < -0.3 is 10.1 Å². The van der Waals surface area contributed by atoms with Crippen LogP contribution in [-0.2, 0) is 10.0 Å². The molecular formula is C23H24N2O4S. The van der Waals surface area contributed by atoms with Crippen LogP contribution in [0.25, 0.3) is 0 Å². The van der Waals surface area contributed by atoms with Crippen molar-refractivity contribution in [1.29, 1.82) is 0 Å². The van der Waals surface area contributed by atoms with Crippen LogP contribution in [0.15, 0.2) is 65.6 Å². The third-order valence-corrected chi connectivity index (χ3v) is 6.14. The Morgan fingerprint density at radius 1 is 0.900 bits per heavy atom. The molecule has 0 fully saturated rings. The molecule has 1 amide bonds. The van der Waals surface area contributed by atoms with Crippen molar-refractivity contribution in [1.82, 2.24) is 0 Å². The minimum atomic E-state index is -3.86. The summed E-state index contributed by atoms with van der Waals surface area (Å²) in [6, 6.07) is 17.1. The summed E-state index contributed by atoms with van der Waals surface area (Å²) >= 11 is 0. The molecule has 0 radical (unpaired) electrons. The van der Waals surface area contributed by atoms with Crippen LogP contribution in [-0.4, -0.2) is 21.4 Å². The molecule has 30 heavy (non-hydrogen) atoms. The average Bonchev–Trinajstić information content (AvgIpc) is 2.68. The number of anilines is 2. The molecule has 0 heterocycles. The third kappa shape index (κ3) is 4.80. The molecule has 3 aromatic carbocycles. The second kappa shape index (κ2) is 8.59. The van der Waals surface area contributed by atoms with Gasteiger partial charge in [-0.25, -0.2) is 8.42 Å². The van der Waals surface area contributed by atoms with Gasteiger partial charge in [-0.3, -0.25) is 9.52 Å². The van der Waals surface area contributed by atoms with Crippen molar-refractivity contribution >= 4 is 27.3 Å². The molecule has 0 atom stereocenters. The van der Waals surface area contributed by atoms with Gasteiger partial charge in [0.2, 0.25) is 0 Å². The normalized spacial score (nSPS) is 11.1. The summed E-state index contributed by atoms with van der Waals surface area (Å²) in [7, 11) is -2.34. The standard InChI is InChI=1S/C23H24N2O4S/c1-15-6-5-7-19(12-15)25-30(27,28)22-14-18(10-9-17(22)3)23(26)24-20-13-16(2)8-11-21(20)29-4/h5-14,25H,1-4H3,(H,24,26). The van der Waals surface area contributed by atoms with Crippen molar-refractivity contribution in [2.45, 2.75) is 25.7 Å². The van der Waals surface area contributed by atoms with Crippen LogP contribution in [0, 0.1) is 20.8 Å². The highest BCUT2D eigenvalue weighted by Gasteiger charge is 2.20. The Labute approximate surface area is 177 Å². The zero-order valence-electron chi connectivity index (χ0n) is 17.3. The minimum Gasteiger partial charge on any atom is -0.495 e. The molecule has 0 saturated carbocycles. The highest BCUT2D eigenvalue weighted by Crippen LogP contribution is 2.27. The quantitative estimate of drug-likeness (QED) is 0.602. The largest absolute Gasteiger partial charge is 0.495 e. The first-order valence-corrected chi connectivity index (χ1v) is 10.8. The summed E-state index contributed by atoms with van der Waals surface area (Å²) < 4.78 is 33.8. The lowest BCUT2D eigenvalue weighted by molar-refractivity contribution is 0.102. The van der Waals surface area contributed by atoms with E-state index in [1.54, 1.807) is 49.4 Å². The minimum absolute atomic E-state index is 0.0489. The molecular weight excluding hydrogens is 400 g/mol. The van der Waals surface area contributed by atoms with Crippen molar-refractivity contribution in [2.75, 3.05) is 17.1 Å². The number of ether oxygens (including phenoxy) is 1. The summed E-state index contributed by atoms with van der Waals surface area (Å²) in [5, 5.41) is 2.79. The molecule has 7 heteroatoms. The zero-order chi connectivity index (χ0) is 21.9. The summed E-state index contributed by atoms with van der Waals surface area (Å²) in [5.41, 5.74) is 3.65. The van der Waals surface area contributed by atoms with E-state index >= 15 is 0 Å². The van der Waals surface area contributed by atoms with Crippen molar-refractivity contribution < 1.29 is 17.9 Å². The van der Waals surface area contributed by atoms with Gasteiger partial charge in [0, 0.05) is 11.3 Å². The summed E-state index contributed by atoms with van der Waals surface area (Å²) in [4.78, 5) is 12.9. The molecule has 0 spiro atoms. The molecule has 0 aliphatic heterocycles. The fraction of sp³-hybridized carbons (Fsp3) is 0.174. The first-order chi connectivity index (χ1) is 14.2. The van der Waals surface area contributed by atoms with Gasteiger partial charge in [0.15, 0.2) is 0 Å². The number of nitrogens with one attached hydrogen (secondary N) is 2. The van der Waals surface area contributed by atoms with E-state index in [2.05, 4.69) is 10.0 Å². The smallest absolute Gasteiger partial charge is 0.262 e. The first-order valence-electron chi connectivity index (χ1n) is 9.36. The second-order valence-electron chi connectivity index (χ2n) is 7.11. The molecule has 0 bridgehead atoms. The van der Waals surface area contributed by atoms with Crippen LogP contribution >= 0.6 is 0 Å². The van der Waals surface area contributed by atoms with E-state index < -0.39 is 15.9 Å². The van der Waals surface area contributed by atoms with E-state index in [1.165, 1.54) is 13.2 Å². The fourth-order valence-electron chi connectivity index (χ4n) is 3.06. The Balaban J connectivity index is 1.91. The maximum atomic E-state index is 12.9. The van der Waals surface area contributed by atoms with Crippen molar-refractivity contribution in [2.24, 2.45) is 0 Å². The summed E-state index contributed by atoms with van der Waals surface area (Å²) in [5.74, 6) is 0.0981.